The molecule has 0 unspecified atom stereocenters. The van der Waals surface area contributed by atoms with Crippen LogP contribution in [0.2, 0.25) is 0 Å². The first-order valence-electron chi connectivity index (χ1n) is 4.66. The van der Waals surface area contributed by atoms with Crippen LogP contribution in [0, 0.1) is 0 Å². The van der Waals surface area contributed by atoms with Crippen molar-refractivity contribution in [2.75, 3.05) is 0 Å². The fraction of sp³-hybridized carbons (Fsp3) is 0.250. The molecule has 10 heteroatoms. The summed E-state index contributed by atoms with van der Waals surface area (Å²) >= 11 is 0. The molecule has 2 N–H and O–H groups in total. The van der Waals surface area contributed by atoms with Gasteiger partial charge in [-0.1, -0.05) is 0 Å². The van der Waals surface area contributed by atoms with Crippen LogP contribution in [-0.4, -0.2) is 41.5 Å². The molecule has 1 saturated heterocycles. The smallest absolute Gasteiger partial charge is 0.286 e. The van der Waals surface area contributed by atoms with E-state index >= 15 is 0 Å². The molecular weight excluding hydrogens is 268 g/mol. The lowest BCUT2D eigenvalue weighted by molar-refractivity contribution is -0.138. The predicted molar refractivity (Wildman–Crippen MR) is 52.8 cm³/mol. The molecule has 0 atom stereocenters. The third-order valence-corrected chi connectivity index (χ3v) is 3.29. The maximum atomic E-state index is 11.4. The molecular formula is C8H6N2O7S. The van der Waals surface area contributed by atoms with Crippen molar-refractivity contribution in [2.24, 2.45) is 0 Å². The second-order valence-corrected chi connectivity index (χ2v) is 4.92. The fourth-order valence-corrected chi connectivity index (χ4v) is 2.41. The van der Waals surface area contributed by atoms with E-state index in [1.165, 1.54) is 0 Å². The number of amides is 4. The summed E-state index contributed by atoms with van der Waals surface area (Å²) in [5, 5.41) is 1.60. The van der Waals surface area contributed by atoms with E-state index in [4.69, 9.17) is 4.55 Å². The molecule has 2 rings (SSSR count). The number of hydrogen-bond donors (Lipinski definition) is 2. The van der Waals surface area contributed by atoms with E-state index in [9.17, 15) is 27.6 Å². The van der Waals surface area contributed by atoms with Crippen LogP contribution in [0.15, 0.2) is 10.6 Å². The minimum Gasteiger partial charge on any atom is -0.286 e. The second kappa shape index (κ2) is 3.71. The SMILES string of the molecule is O=C1NC(=O)C(S(=O)(=O)O)=C1N1C(=O)CCC1=O. The summed E-state index contributed by atoms with van der Waals surface area (Å²) in [6.45, 7) is 0. The van der Waals surface area contributed by atoms with Gasteiger partial charge in [-0.2, -0.15) is 8.42 Å². The van der Waals surface area contributed by atoms with Gasteiger partial charge in [0.1, 0.15) is 5.70 Å². The Hall–Kier alpha value is -2.07. The summed E-state index contributed by atoms with van der Waals surface area (Å²) in [6.07, 6.45) is -0.384. The quantitative estimate of drug-likeness (QED) is 0.434. The average Bonchev–Trinajstić information content (AvgIpc) is 2.66. The van der Waals surface area contributed by atoms with Crippen molar-refractivity contribution in [1.29, 1.82) is 0 Å². The average molecular weight is 274 g/mol. The topological polar surface area (TPSA) is 138 Å². The maximum absolute atomic E-state index is 11.4. The zero-order chi connectivity index (χ0) is 13.7. The van der Waals surface area contributed by atoms with Crippen molar-refractivity contribution in [3.63, 3.8) is 0 Å². The van der Waals surface area contributed by atoms with Gasteiger partial charge in [0.15, 0.2) is 4.91 Å². The predicted octanol–water partition coefficient (Wildman–Crippen LogP) is -2.11. The Morgan fingerprint density at radius 2 is 1.50 bits per heavy atom. The van der Waals surface area contributed by atoms with Gasteiger partial charge in [0, 0.05) is 12.8 Å². The molecule has 9 nitrogen and oxygen atoms in total. The molecule has 0 bridgehead atoms. The molecule has 2 aliphatic rings. The third kappa shape index (κ3) is 1.71. The van der Waals surface area contributed by atoms with Crippen molar-refractivity contribution in [1.82, 2.24) is 10.2 Å². The van der Waals surface area contributed by atoms with Crippen molar-refractivity contribution in [2.45, 2.75) is 12.8 Å². The fourth-order valence-electron chi connectivity index (χ4n) is 1.70. The minimum atomic E-state index is -5.02. The van der Waals surface area contributed by atoms with Crippen LogP contribution >= 0.6 is 0 Å². The first-order valence-corrected chi connectivity index (χ1v) is 6.10. The lowest BCUT2D eigenvalue weighted by Gasteiger charge is -2.13. The highest BCUT2D eigenvalue weighted by Crippen LogP contribution is 2.26. The van der Waals surface area contributed by atoms with Crippen molar-refractivity contribution in [3.05, 3.63) is 10.6 Å². The van der Waals surface area contributed by atoms with E-state index < -0.39 is 44.3 Å². The van der Waals surface area contributed by atoms with Gasteiger partial charge in [0.05, 0.1) is 0 Å². The van der Waals surface area contributed by atoms with Gasteiger partial charge in [-0.05, 0) is 0 Å². The lowest BCUT2D eigenvalue weighted by Crippen LogP contribution is -2.34. The number of imide groups is 2. The van der Waals surface area contributed by atoms with Crippen LogP contribution in [0.5, 0.6) is 0 Å². The van der Waals surface area contributed by atoms with Crippen LogP contribution in [-0.2, 0) is 29.3 Å². The van der Waals surface area contributed by atoms with Gasteiger partial charge >= 0.3 is 10.1 Å². The summed E-state index contributed by atoms with van der Waals surface area (Å²) in [6, 6.07) is 0. The van der Waals surface area contributed by atoms with E-state index in [0.717, 1.165) is 0 Å². The normalized spacial score (nSPS) is 21.1. The molecule has 2 heterocycles. The number of likely N-dealkylation sites (tertiary alicyclic amines) is 1. The number of rotatable bonds is 2. The van der Waals surface area contributed by atoms with Crippen LogP contribution in [0.1, 0.15) is 12.8 Å². The Kier molecular flexibility index (Phi) is 2.56. The number of nitrogens with zero attached hydrogens (tertiary/aromatic N) is 1. The largest absolute Gasteiger partial charge is 0.302 e. The molecule has 96 valence electrons. The van der Waals surface area contributed by atoms with Gasteiger partial charge in [-0.3, -0.25) is 29.0 Å². The Labute approximate surface area is 100 Å². The Bertz CT molecular complexity index is 614. The van der Waals surface area contributed by atoms with Gasteiger partial charge in [0.2, 0.25) is 11.8 Å². The summed E-state index contributed by atoms with van der Waals surface area (Å²) in [7, 11) is -5.02. The van der Waals surface area contributed by atoms with Crippen LogP contribution in [0.4, 0.5) is 0 Å². The maximum Gasteiger partial charge on any atom is 0.302 e. The first kappa shape index (κ1) is 12.4. The van der Waals surface area contributed by atoms with Crippen LogP contribution in [0.3, 0.4) is 0 Å². The van der Waals surface area contributed by atoms with Gasteiger partial charge < -0.3 is 0 Å². The monoisotopic (exact) mass is 274 g/mol. The minimum absolute atomic E-state index is 0.192. The van der Waals surface area contributed by atoms with E-state index in [1.807, 2.05) is 0 Å². The standard InChI is InChI=1S/C8H6N2O7S/c11-3-1-2-4(12)10(3)5-6(18(15,16)17)8(14)9-7(5)13/h1-2H2,(H,9,13,14)(H,15,16,17). The van der Waals surface area contributed by atoms with Crippen molar-refractivity contribution < 1.29 is 32.1 Å². The second-order valence-electron chi connectivity index (χ2n) is 3.56. The van der Waals surface area contributed by atoms with Gasteiger partial charge in [-0.15, -0.1) is 0 Å². The summed E-state index contributed by atoms with van der Waals surface area (Å²) in [5.41, 5.74) is -0.935. The zero-order valence-electron chi connectivity index (χ0n) is 8.67. The number of nitrogens with one attached hydrogen (secondary N) is 1. The van der Waals surface area contributed by atoms with Crippen LogP contribution < -0.4 is 5.32 Å². The number of carbonyl (C=O) groups excluding carboxylic acids is 4. The molecule has 0 aliphatic carbocycles. The lowest BCUT2D eigenvalue weighted by atomic mass is 10.3. The molecule has 1 fully saturated rings. The number of carbonyl (C=O) groups is 4. The number of hydrogen-bond acceptors (Lipinski definition) is 6. The molecule has 4 amide bonds. The van der Waals surface area contributed by atoms with E-state index in [0.29, 0.717) is 4.90 Å². The van der Waals surface area contributed by atoms with Gasteiger partial charge in [-0.25, -0.2) is 4.90 Å². The highest BCUT2D eigenvalue weighted by Gasteiger charge is 2.46. The molecule has 2 aliphatic heterocycles. The Balaban J connectivity index is 2.68. The highest BCUT2D eigenvalue weighted by molar-refractivity contribution is 7.91. The Morgan fingerprint density at radius 1 is 1.00 bits per heavy atom. The van der Waals surface area contributed by atoms with Gasteiger partial charge in [0.25, 0.3) is 11.8 Å². The zero-order valence-corrected chi connectivity index (χ0v) is 9.48. The molecule has 18 heavy (non-hydrogen) atoms. The van der Waals surface area contributed by atoms with Crippen LogP contribution in [0.25, 0.3) is 0 Å². The molecule has 0 aromatic heterocycles. The first-order chi connectivity index (χ1) is 8.23. The molecule has 0 aromatic carbocycles. The third-order valence-electron chi connectivity index (χ3n) is 2.40. The Morgan fingerprint density at radius 3 is 1.94 bits per heavy atom. The molecule has 0 radical (unpaired) electrons. The molecule has 0 aromatic rings. The summed E-state index contributed by atoms with van der Waals surface area (Å²) in [4.78, 5) is 44.5. The van der Waals surface area contributed by atoms with E-state index in [1.54, 1.807) is 5.32 Å². The van der Waals surface area contributed by atoms with Crippen molar-refractivity contribution in [3.8, 4) is 0 Å². The van der Waals surface area contributed by atoms with E-state index in [-0.39, 0.29) is 12.8 Å². The summed E-state index contributed by atoms with van der Waals surface area (Å²) in [5.74, 6) is -4.19. The molecule has 0 saturated carbocycles. The van der Waals surface area contributed by atoms with Crippen molar-refractivity contribution >= 4 is 33.7 Å². The highest BCUT2D eigenvalue weighted by atomic mass is 32.2. The van der Waals surface area contributed by atoms with E-state index in [2.05, 4.69) is 0 Å². The molecule has 0 spiro atoms. The summed E-state index contributed by atoms with van der Waals surface area (Å²) < 4.78 is 30.9.